The minimum absolute atomic E-state index is 0.136. The van der Waals surface area contributed by atoms with E-state index in [1.807, 2.05) is 25.1 Å². The van der Waals surface area contributed by atoms with Crippen molar-refractivity contribution in [1.29, 1.82) is 0 Å². The van der Waals surface area contributed by atoms with Crippen LogP contribution in [-0.2, 0) is 14.8 Å². The van der Waals surface area contributed by atoms with E-state index in [0.717, 1.165) is 27.4 Å². The fourth-order valence-corrected chi connectivity index (χ4v) is 2.76. The van der Waals surface area contributed by atoms with Gasteiger partial charge in [-0.15, -0.1) is 0 Å². The van der Waals surface area contributed by atoms with Crippen LogP contribution in [-0.4, -0.2) is 30.7 Å². The zero-order chi connectivity index (χ0) is 19.0. The minimum atomic E-state index is -5.08. The summed E-state index contributed by atoms with van der Waals surface area (Å²) in [7, 11) is -3.66. The van der Waals surface area contributed by atoms with Crippen molar-refractivity contribution in [1.82, 2.24) is 4.98 Å². The third kappa shape index (κ3) is 4.09. The molecule has 0 unspecified atom stereocenters. The Morgan fingerprint density at radius 1 is 1.16 bits per heavy atom. The molecule has 0 radical (unpaired) electrons. The first-order valence-electron chi connectivity index (χ1n) is 6.75. The Morgan fingerprint density at radius 3 is 2.28 bits per heavy atom. The molecule has 0 saturated carbocycles. The number of carboxylic acids is 1. The van der Waals surface area contributed by atoms with Gasteiger partial charge in [-0.2, -0.15) is 13.2 Å². The number of fused-ring (bicyclic) bond motifs is 3. The van der Waals surface area contributed by atoms with E-state index in [2.05, 4.69) is 4.98 Å². The average molecular weight is 374 g/mol. The number of nitrogens with one attached hydrogen (secondary N) is 1. The summed E-state index contributed by atoms with van der Waals surface area (Å²) in [5.41, 5.74) is 3.06. The molecule has 0 fully saturated rings. The molecule has 0 atom stereocenters. The number of alkyl halides is 3. The van der Waals surface area contributed by atoms with Gasteiger partial charge in [-0.25, -0.2) is 18.4 Å². The number of hydrogen-bond acceptors (Lipinski definition) is 3. The molecule has 0 bridgehead atoms. The highest BCUT2D eigenvalue weighted by atomic mass is 32.2. The van der Waals surface area contributed by atoms with Gasteiger partial charge in [0.25, 0.3) is 0 Å². The molecule has 3 rings (SSSR count). The molecule has 0 aliphatic rings. The summed E-state index contributed by atoms with van der Waals surface area (Å²) in [6, 6.07) is 10.8. The Kier molecular flexibility index (Phi) is 4.78. The van der Waals surface area contributed by atoms with Gasteiger partial charge in [0.2, 0.25) is 10.0 Å². The lowest BCUT2D eigenvalue weighted by molar-refractivity contribution is -0.192. The number of aromatic nitrogens is 1. The Balaban J connectivity index is 0.000000277. The lowest BCUT2D eigenvalue weighted by Gasteiger charge is -1.98. The highest BCUT2D eigenvalue weighted by Crippen LogP contribution is 2.28. The van der Waals surface area contributed by atoms with Crippen LogP contribution in [0.3, 0.4) is 0 Å². The quantitative estimate of drug-likeness (QED) is 0.608. The van der Waals surface area contributed by atoms with Crippen molar-refractivity contribution in [2.45, 2.75) is 18.0 Å². The van der Waals surface area contributed by atoms with Crippen LogP contribution in [0.15, 0.2) is 41.3 Å². The molecule has 134 valence electrons. The number of benzene rings is 2. The van der Waals surface area contributed by atoms with Crippen LogP contribution in [0.2, 0.25) is 0 Å². The molecule has 6 nitrogen and oxygen atoms in total. The second kappa shape index (κ2) is 6.37. The van der Waals surface area contributed by atoms with Crippen LogP contribution in [0.1, 0.15) is 5.56 Å². The summed E-state index contributed by atoms with van der Waals surface area (Å²) in [6.45, 7) is 2.01. The zero-order valence-corrected chi connectivity index (χ0v) is 13.6. The molecule has 1 heterocycles. The maximum Gasteiger partial charge on any atom is 0.490 e. The van der Waals surface area contributed by atoms with Gasteiger partial charge in [-0.1, -0.05) is 18.2 Å². The van der Waals surface area contributed by atoms with Gasteiger partial charge < -0.3 is 10.1 Å². The maximum absolute atomic E-state index is 11.4. The Bertz CT molecular complexity index is 1060. The monoisotopic (exact) mass is 374 g/mol. The lowest BCUT2D eigenvalue weighted by Crippen LogP contribution is -2.21. The highest BCUT2D eigenvalue weighted by molar-refractivity contribution is 7.89. The molecule has 2 aromatic carbocycles. The standard InChI is InChI=1S/C13H12N2O2S.C2HF3O2/c1-8-3-2-4-10-11-7-9(18(14,16)17)5-6-12(11)15-13(8)10;3-2(4,5)1(6)7/h2-7,15H,1H3,(H2,14,16,17);(H,6,7). The van der Waals surface area contributed by atoms with Crippen LogP contribution in [0.4, 0.5) is 13.2 Å². The van der Waals surface area contributed by atoms with E-state index in [0.29, 0.717) is 0 Å². The summed E-state index contributed by atoms with van der Waals surface area (Å²) in [6.07, 6.45) is -5.08. The molecule has 25 heavy (non-hydrogen) atoms. The number of primary sulfonamides is 1. The first-order chi connectivity index (χ1) is 11.4. The number of hydrogen-bond donors (Lipinski definition) is 3. The smallest absolute Gasteiger partial charge is 0.475 e. The third-order valence-electron chi connectivity index (χ3n) is 3.38. The summed E-state index contributed by atoms with van der Waals surface area (Å²) >= 11 is 0. The fraction of sp³-hybridized carbons (Fsp3) is 0.133. The highest BCUT2D eigenvalue weighted by Gasteiger charge is 2.38. The number of nitrogens with two attached hydrogens (primary N) is 1. The van der Waals surface area contributed by atoms with Crippen molar-refractivity contribution in [3.8, 4) is 0 Å². The molecule has 3 aromatic rings. The van der Waals surface area contributed by atoms with E-state index in [1.165, 1.54) is 6.07 Å². The molecule has 10 heteroatoms. The van der Waals surface area contributed by atoms with Gasteiger partial charge in [0, 0.05) is 21.8 Å². The predicted octanol–water partition coefficient (Wildman–Crippen LogP) is 2.91. The Labute approximate surface area is 140 Å². The summed E-state index contributed by atoms with van der Waals surface area (Å²) < 4.78 is 54.5. The van der Waals surface area contributed by atoms with Crippen molar-refractivity contribution in [3.63, 3.8) is 0 Å². The maximum atomic E-state index is 11.4. The van der Waals surface area contributed by atoms with Crippen LogP contribution < -0.4 is 5.14 Å². The number of halogens is 3. The molecule has 1 aromatic heterocycles. The van der Waals surface area contributed by atoms with Crippen LogP contribution in [0, 0.1) is 6.92 Å². The normalized spacial score (nSPS) is 12.0. The van der Waals surface area contributed by atoms with E-state index in [-0.39, 0.29) is 4.90 Å². The number of aromatic amines is 1. The molecule has 0 aliphatic carbocycles. The lowest BCUT2D eigenvalue weighted by atomic mass is 10.1. The van der Waals surface area contributed by atoms with Gasteiger partial charge in [0.15, 0.2) is 0 Å². The van der Waals surface area contributed by atoms with E-state index in [4.69, 9.17) is 15.0 Å². The van der Waals surface area contributed by atoms with Gasteiger partial charge in [-0.05, 0) is 30.7 Å². The molecule has 0 aliphatic heterocycles. The van der Waals surface area contributed by atoms with Crippen molar-refractivity contribution >= 4 is 37.8 Å². The van der Waals surface area contributed by atoms with E-state index < -0.39 is 22.2 Å². The topological polar surface area (TPSA) is 113 Å². The van der Waals surface area contributed by atoms with Crippen LogP contribution in [0.5, 0.6) is 0 Å². The molecule has 0 spiro atoms. The average Bonchev–Trinajstić information content (AvgIpc) is 2.85. The Morgan fingerprint density at radius 2 is 1.76 bits per heavy atom. The van der Waals surface area contributed by atoms with Crippen LogP contribution >= 0.6 is 0 Å². The van der Waals surface area contributed by atoms with Gasteiger partial charge >= 0.3 is 12.1 Å². The largest absolute Gasteiger partial charge is 0.490 e. The van der Waals surface area contributed by atoms with Gasteiger partial charge in [0.05, 0.1) is 4.90 Å². The van der Waals surface area contributed by atoms with Gasteiger partial charge in [-0.3, -0.25) is 0 Å². The molecule has 0 saturated heterocycles. The Hall–Kier alpha value is -2.59. The third-order valence-corrected chi connectivity index (χ3v) is 4.30. The predicted molar refractivity (Wildman–Crippen MR) is 85.6 cm³/mol. The molecule has 4 N–H and O–H groups in total. The number of para-hydroxylation sites is 1. The van der Waals surface area contributed by atoms with Crippen molar-refractivity contribution < 1.29 is 31.5 Å². The molecular formula is C15H13F3N2O4S. The number of H-pyrrole nitrogens is 1. The number of aryl methyl sites for hydroxylation is 1. The summed E-state index contributed by atoms with van der Waals surface area (Å²) in [5, 5.41) is 14.2. The first kappa shape index (κ1) is 18.7. The van der Waals surface area contributed by atoms with Crippen molar-refractivity contribution in [3.05, 3.63) is 42.0 Å². The first-order valence-corrected chi connectivity index (χ1v) is 8.30. The van der Waals surface area contributed by atoms with E-state index in [9.17, 15) is 21.6 Å². The number of carbonyl (C=O) groups is 1. The second-order valence-corrected chi connectivity index (χ2v) is 6.74. The van der Waals surface area contributed by atoms with E-state index in [1.54, 1.807) is 12.1 Å². The minimum Gasteiger partial charge on any atom is -0.475 e. The number of rotatable bonds is 1. The fourth-order valence-electron chi connectivity index (χ4n) is 2.22. The van der Waals surface area contributed by atoms with Crippen LogP contribution in [0.25, 0.3) is 21.8 Å². The van der Waals surface area contributed by atoms with Crippen molar-refractivity contribution in [2.24, 2.45) is 5.14 Å². The van der Waals surface area contributed by atoms with Gasteiger partial charge in [0.1, 0.15) is 0 Å². The zero-order valence-electron chi connectivity index (χ0n) is 12.8. The SMILES string of the molecule is Cc1cccc2c1[nH]c1ccc(S(N)(=O)=O)cc12.O=C(O)C(F)(F)F. The molecule has 0 amide bonds. The number of carboxylic acid groups (broad SMARTS) is 1. The number of sulfonamides is 1. The summed E-state index contributed by atoms with van der Waals surface area (Å²) in [5.74, 6) is -2.76. The second-order valence-electron chi connectivity index (χ2n) is 5.18. The molecular weight excluding hydrogens is 361 g/mol. The van der Waals surface area contributed by atoms with E-state index >= 15 is 0 Å². The van der Waals surface area contributed by atoms with Crippen molar-refractivity contribution in [2.75, 3.05) is 0 Å². The summed E-state index contributed by atoms with van der Waals surface area (Å²) in [4.78, 5) is 12.3. The number of aliphatic carboxylic acids is 1.